The first kappa shape index (κ1) is 17.9. The summed E-state index contributed by atoms with van der Waals surface area (Å²) in [7, 11) is 3.59. The highest BCUT2D eigenvalue weighted by molar-refractivity contribution is 5.89. The third-order valence-electron chi connectivity index (χ3n) is 5.25. The second-order valence-corrected chi connectivity index (χ2v) is 7.21. The molecule has 2 fully saturated rings. The highest BCUT2D eigenvalue weighted by Crippen LogP contribution is 2.27. The normalized spacial score (nSPS) is 20.4. The Morgan fingerprint density at radius 1 is 1.24 bits per heavy atom. The van der Waals surface area contributed by atoms with E-state index in [-0.39, 0.29) is 24.2 Å². The Bertz CT molecular complexity index is 643. The quantitative estimate of drug-likeness (QED) is 0.837. The van der Waals surface area contributed by atoms with Crippen LogP contribution in [0.5, 0.6) is 0 Å². The molecule has 5 nitrogen and oxygen atoms in total. The minimum atomic E-state index is -0.582. The number of likely N-dealkylation sites (N-methyl/N-ethyl adjacent to an activating group) is 1. The van der Waals surface area contributed by atoms with Crippen molar-refractivity contribution in [2.45, 2.75) is 37.8 Å². The van der Waals surface area contributed by atoms with Gasteiger partial charge in [-0.05, 0) is 44.6 Å². The van der Waals surface area contributed by atoms with E-state index in [2.05, 4.69) is 0 Å². The van der Waals surface area contributed by atoms with E-state index in [1.54, 1.807) is 36.0 Å². The van der Waals surface area contributed by atoms with Gasteiger partial charge in [0.15, 0.2) is 0 Å². The van der Waals surface area contributed by atoms with Crippen LogP contribution in [0.1, 0.15) is 37.3 Å². The molecule has 6 heteroatoms. The number of nitrogens with zero attached hydrogens (tertiary/aromatic N) is 3. The van der Waals surface area contributed by atoms with E-state index in [9.17, 15) is 14.0 Å². The Labute approximate surface area is 148 Å². The van der Waals surface area contributed by atoms with Crippen molar-refractivity contribution in [3.8, 4) is 0 Å². The molecule has 0 radical (unpaired) electrons. The van der Waals surface area contributed by atoms with E-state index in [0.29, 0.717) is 24.7 Å². The molecule has 2 amide bonds. The smallest absolute Gasteiger partial charge is 0.245 e. The zero-order valence-electron chi connectivity index (χ0n) is 14.9. The number of halogens is 1. The largest absolute Gasteiger partial charge is 0.336 e. The summed E-state index contributed by atoms with van der Waals surface area (Å²) >= 11 is 0. The van der Waals surface area contributed by atoms with Crippen molar-refractivity contribution in [3.63, 3.8) is 0 Å². The van der Waals surface area contributed by atoms with E-state index < -0.39 is 6.04 Å². The van der Waals surface area contributed by atoms with Gasteiger partial charge in [-0.1, -0.05) is 25.0 Å². The Morgan fingerprint density at radius 3 is 2.56 bits per heavy atom. The number of piperazine rings is 1. The second-order valence-electron chi connectivity index (χ2n) is 7.21. The monoisotopic (exact) mass is 347 g/mol. The molecule has 0 spiro atoms. The Balaban J connectivity index is 1.72. The molecule has 1 atom stereocenters. The lowest BCUT2D eigenvalue weighted by molar-refractivity contribution is -0.149. The summed E-state index contributed by atoms with van der Waals surface area (Å²) in [6.07, 6.45) is 4.51. The number of hydrogen-bond donors (Lipinski definition) is 0. The molecule has 136 valence electrons. The van der Waals surface area contributed by atoms with Crippen LogP contribution < -0.4 is 0 Å². The average Bonchev–Trinajstić information content (AvgIpc) is 3.08. The fraction of sp³-hybridized carbons (Fsp3) is 0.579. The van der Waals surface area contributed by atoms with Crippen LogP contribution in [0, 0.1) is 5.82 Å². The van der Waals surface area contributed by atoms with Crippen LogP contribution >= 0.6 is 0 Å². The highest BCUT2D eigenvalue weighted by atomic mass is 19.1. The standard InChI is InChI=1S/C19H26FN3O2/c1-21(2)18(14-6-5-7-15(20)12-14)19(25)22-10-11-23(17(24)13-22)16-8-3-4-9-16/h5-7,12,16,18H,3-4,8-11,13H2,1-2H3/t18-/m1/s1. The van der Waals surface area contributed by atoms with Gasteiger partial charge in [0, 0.05) is 19.1 Å². The Morgan fingerprint density at radius 2 is 1.96 bits per heavy atom. The summed E-state index contributed by atoms with van der Waals surface area (Å²) in [6.45, 7) is 1.26. The molecule has 1 saturated carbocycles. The van der Waals surface area contributed by atoms with Gasteiger partial charge >= 0.3 is 0 Å². The number of amides is 2. The average molecular weight is 347 g/mol. The molecule has 3 rings (SSSR count). The molecule has 0 aromatic heterocycles. The first-order valence-corrected chi connectivity index (χ1v) is 8.97. The summed E-state index contributed by atoms with van der Waals surface area (Å²) in [4.78, 5) is 30.9. The molecule has 1 aliphatic heterocycles. The third kappa shape index (κ3) is 3.84. The maximum Gasteiger partial charge on any atom is 0.245 e. The fourth-order valence-electron chi connectivity index (χ4n) is 3.99. The van der Waals surface area contributed by atoms with Crippen molar-refractivity contribution >= 4 is 11.8 Å². The van der Waals surface area contributed by atoms with E-state index in [4.69, 9.17) is 0 Å². The summed E-state index contributed by atoms with van der Waals surface area (Å²) in [5, 5.41) is 0. The third-order valence-corrected chi connectivity index (χ3v) is 5.25. The minimum absolute atomic E-state index is 0.0308. The van der Waals surface area contributed by atoms with Gasteiger partial charge in [-0.2, -0.15) is 0 Å². The number of carbonyl (C=O) groups excluding carboxylic acids is 2. The molecule has 1 aromatic carbocycles. The Kier molecular flexibility index (Phi) is 5.37. The lowest BCUT2D eigenvalue weighted by atomic mass is 10.0. The molecule has 0 bridgehead atoms. The van der Waals surface area contributed by atoms with Crippen LogP contribution in [0.3, 0.4) is 0 Å². The van der Waals surface area contributed by atoms with Crippen molar-refractivity contribution in [1.29, 1.82) is 0 Å². The number of carbonyl (C=O) groups is 2. The zero-order chi connectivity index (χ0) is 18.0. The van der Waals surface area contributed by atoms with Gasteiger partial charge in [0.2, 0.25) is 11.8 Å². The maximum absolute atomic E-state index is 13.6. The summed E-state index contributed by atoms with van der Waals surface area (Å²) < 4.78 is 13.6. The lowest BCUT2D eigenvalue weighted by Gasteiger charge is -2.39. The summed E-state index contributed by atoms with van der Waals surface area (Å²) in [5.74, 6) is -0.474. The summed E-state index contributed by atoms with van der Waals surface area (Å²) in [5.41, 5.74) is 0.612. The summed E-state index contributed by atoms with van der Waals surface area (Å²) in [6, 6.07) is 5.88. The van der Waals surface area contributed by atoms with Crippen molar-refractivity contribution in [3.05, 3.63) is 35.6 Å². The van der Waals surface area contributed by atoms with Crippen molar-refractivity contribution < 1.29 is 14.0 Å². The van der Waals surface area contributed by atoms with Gasteiger partial charge in [-0.25, -0.2) is 4.39 Å². The topological polar surface area (TPSA) is 43.9 Å². The second kappa shape index (κ2) is 7.52. The first-order valence-electron chi connectivity index (χ1n) is 8.97. The molecular formula is C19H26FN3O2. The predicted octanol–water partition coefficient (Wildman–Crippen LogP) is 2.04. The van der Waals surface area contributed by atoms with Crippen molar-refractivity contribution in [2.75, 3.05) is 33.7 Å². The molecular weight excluding hydrogens is 321 g/mol. The predicted molar refractivity (Wildman–Crippen MR) is 93.4 cm³/mol. The lowest BCUT2D eigenvalue weighted by Crippen LogP contribution is -2.56. The molecule has 0 N–H and O–H groups in total. The zero-order valence-corrected chi connectivity index (χ0v) is 14.9. The molecule has 1 aromatic rings. The first-order chi connectivity index (χ1) is 12.0. The van der Waals surface area contributed by atoms with Crippen molar-refractivity contribution in [2.24, 2.45) is 0 Å². The van der Waals surface area contributed by atoms with E-state index in [0.717, 1.165) is 12.8 Å². The van der Waals surface area contributed by atoms with Gasteiger partial charge in [0.25, 0.3) is 0 Å². The van der Waals surface area contributed by atoms with Crippen molar-refractivity contribution in [1.82, 2.24) is 14.7 Å². The van der Waals surface area contributed by atoms with E-state index in [1.807, 2.05) is 4.90 Å². The molecule has 2 aliphatic rings. The van der Waals surface area contributed by atoms with E-state index >= 15 is 0 Å². The van der Waals surface area contributed by atoms with Gasteiger partial charge in [-0.15, -0.1) is 0 Å². The number of benzene rings is 1. The fourth-order valence-corrected chi connectivity index (χ4v) is 3.99. The van der Waals surface area contributed by atoms with Gasteiger partial charge in [0.05, 0.1) is 6.54 Å². The minimum Gasteiger partial charge on any atom is -0.336 e. The van der Waals surface area contributed by atoms with Gasteiger partial charge < -0.3 is 9.80 Å². The molecule has 1 aliphatic carbocycles. The van der Waals surface area contributed by atoms with E-state index in [1.165, 1.54) is 25.0 Å². The van der Waals surface area contributed by atoms with Gasteiger partial charge in [0.1, 0.15) is 11.9 Å². The van der Waals surface area contributed by atoms with Crippen LogP contribution in [0.2, 0.25) is 0 Å². The Hall–Kier alpha value is -1.95. The SMILES string of the molecule is CN(C)[C@@H](C(=O)N1CCN(C2CCCC2)C(=O)C1)c1cccc(F)c1. The van der Waals surface area contributed by atoms with Crippen LogP contribution in [-0.4, -0.2) is 66.3 Å². The number of hydrogen-bond acceptors (Lipinski definition) is 3. The molecule has 0 unspecified atom stereocenters. The molecule has 1 heterocycles. The highest BCUT2D eigenvalue weighted by Gasteiger charge is 2.36. The molecule has 1 saturated heterocycles. The van der Waals surface area contributed by atoms with Gasteiger partial charge in [-0.3, -0.25) is 14.5 Å². The maximum atomic E-state index is 13.6. The molecule has 25 heavy (non-hydrogen) atoms. The van der Waals surface area contributed by atoms with Crippen LogP contribution in [-0.2, 0) is 9.59 Å². The number of rotatable bonds is 4. The van der Waals surface area contributed by atoms with Crippen LogP contribution in [0.4, 0.5) is 4.39 Å². The van der Waals surface area contributed by atoms with Crippen LogP contribution in [0.25, 0.3) is 0 Å². The van der Waals surface area contributed by atoms with Crippen LogP contribution in [0.15, 0.2) is 24.3 Å².